The van der Waals surface area contributed by atoms with Crippen LogP contribution in [0.2, 0.25) is 0 Å². The van der Waals surface area contributed by atoms with Crippen LogP contribution in [-0.4, -0.2) is 10.5 Å². The number of benzene rings is 2. The van der Waals surface area contributed by atoms with Crippen molar-refractivity contribution in [1.29, 1.82) is 0 Å². The van der Waals surface area contributed by atoms with Gasteiger partial charge in [0.2, 0.25) is 5.43 Å². The fourth-order valence-corrected chi connectivity index (χ4v) is 3.91. The first-order valence-corrected chi connectivity index (χ1v) is 9.20. The van der Waals surface area contributed by atoms with Gasteiger partial charge in [0.15, 0.2) is 0 Å². The molecule has 3 aromatic rings. The number of amides is 1. The van der Waals surface area contributed by atoms with Gasteiger partial charge >= 0.3 is 0 Å². The van der Waals surface area contributed by atoms with Crippen LogP contribution in [0.1, 0.15) is 47.3 Å². The van der Waals surface area contributed by atoms with Crippen molar-refractivity contribution < 1.29 is 4.79 Å². The summed E-state index contributed by atoms with van der Waals surface area (Å²) in [4.78, 5) is 25.8. The number of fused-ring (bicyclic) bond motifs is 2. The minimum Gasteiger partial charge on any atom is -0.347 e. The number of nitrogens with one attached hydrogen (secondary N) is 1. The number of aromatic nitrogens is 1. The van der Waals surface area contributed by atoms with Crippen LogP contribution in [0, 0.1) is 0 Å². The van der Waals surface area contributed by atoms with Crippen LogP contribution in [0.3, 0.4) is 0 Å². The molecule has 1 atom stereocenters. The predicted molar refractivity (Wildman–Crippen MR) is 103 cm³/mol. The van der Waals surface area contributed by atoms with E-state index in [0.29, 0.717) is 11.9 Å². The second kappa shape index (κ2) is 6.79. The second-order valence-electron chi connectivity index (χ2n) is 6.79. The monoisotopic (exact) mass is 346 g/mol. The van der Waals surface area contributed by atoms with Gasteiger partial charge in [-0.25, -0.2) is 0 Å². The maximum absolute atomic E-state index is 12.9. The average Bonchev–Trinajstić information content (AvgIpc) is 2.69. The Morgan fingerprint density at radius 2 is 1.92 bits per heavy atom. The van der Waals surface area contributed by atoms with Gasteiger partial charge in [0.25, 0.3) is 5.91 Å². The third-order valence-electron chi connectivity index (χ3n) is 5.25. The summed E-state index contributed by atoms with van der Waals surface area (Å²) < 4.78 is 1.96. The van der Waals surface area contributed by atoms with Crippen molar-refractivity contribution in [2.24, 2.45) is 0 Å². The molecule has 4 rings (SSSR count). The van der Waals surface area contributed by atoms with Crippen molar-refractivity contribution in [2.75, 3.05) is 0 Å². The lowest BCUT2D eigenvalue weighted by Gasteiger charge is -2.26. The van der Waals surface area contributed by atoms with Gasteiger partial charge in [0.05, 0.1) is 11.6 Å². The summed E-state index contributed by atoms with van der Waals surface area (Å²) in [6, 6.07) is 15.6. The number of carbonyl (C=O) groups is 1. The van der Waals surface area contributed by atoms with E-state index >= 15 is 0 Å². The van der Waals surface area contributed by atoms with Crippen molar-refractivity contribution in [3.63, 3.8) is 0 Å². The highest BCUT2D eigenvalue weighted by Gasteiger charge is 2.23. The molecule has 26 heavy (non-hydrogen) atoms. The zero-order valence-corrected chi connectivity index (χ0v) is 14.9. The van der Waals surface area contributed by atoms with Gasteiger partial charge in [-0.2, -0.15) is 0 Å². The van der Waals surface area contributed by atoms with E-state index in [9.17, 15) is 9.59 Å². The van der Waals surface area contributed by atoms with Crippen LogP contribution < -0.4 is 10.7 Å². The molecule has 1 heterocycles. The molecular weight excluding hydrogens is 324 g/mol. The third kappa shape index (κ3) is 2.81. The topological polar surface area (TPSA) is 51.1 Å². The van der Waals surface area contributed by atoms with Gasteiger partial charge in [-0.15, -0.1) is 0 Å². The van der Waals surface area contributed by atoms with E-state index in [-0.39, 0.29) is 22.9 Å². The first kappa shape index (κ1) is 16.6. The fourth-order valence-electron chi connectivity index (χ4n) is 3.91. The van der Waals surface area contributed by atoms with Gasteiger partial charge < -0.3 is 9.88 Å². The van der Waals surface area contributed by atoms with Crippen molar-refractivity contribution in [3.8, 4) is 0 Å². The van der Waals surface area contributed by atoms with E-state index in [1.54, 1.807) is 12.3 Å². The van der Waals surface area contributed by atoms with Crippen LogP contribution in [-0.2, 0) is 13.0 Å². The minimum atomic E-state index is -0.287. The van der Waals surface area contributed by atoms with Gasteiger partial charge in [-0.3, -0.25) is 9.59 Å². The molecule has 4 heteroatoms. The van der Waals surface area contributed by atoms with Crippen LogP contribution in [0.4, 0.5) is 0 Å². The third-order valence-corrected chi connectivity index (χ3v) is 5.25. The molecule has 4 nitrogen and oxygen atoms in total. The first-order chi connectivity index (χ1) is 12.7. The molecule has 0 bridgehead atoms. The number of hydrogen-bond acceptors (Lipinski definition) is 2. The molecule has 2 aromatic carbocycles. The molecular formula is C22H22N2O2. The number of aryl methyl sites for hydroxylation is 2. The van der Waals surface area contributed by atoms with Crippen molar-refractivity contribution in [3.05, 3.63) is 81.6 Å². The van der Waals surface area contributed by atoms with Crippen LogP contribution in [0.5, 0.6) is 0 Å². The highest BCUT2D eigenvalue weighted by atomic mass is 16.2. The second-order valence-corrected chi connectivity index (χ2v) is 6.79. The summed E-state index contributed by atoms with van der Waals surface area (Å²) in [5.41, 5.74) is 3.33. The van der Waals surface area contributed by atoms with E-state index in [1.807, 2.05) is 41.8 Å². The van der Waals surface area contributed by atoms with E-state index in [2.05, 4.69) is 17.4 Å². The molecule has 0 unspecified atom stereocenters. The summed E-state index contributed by atoms with van der Waals surface area (Å²) in [6.07, 6.45) is 4.67. The summed E-state index contributed by atoms with van der Waals surface area (Å²) in [7, 11) is 0. The smallest absolute Gasteiger partial charge is 0.257 e. The van der Waals surface area contributed by atoms with Crippen LogP contribution >= 0.6 is 0 Å². The molecule has 0 aliphatic heterocycles. The molecule has 1 amide bonds. The highest BCUT2D eigenvalue weighted by molar-refractivity contribution is 5.97. The van der Waals surface area contributed by atoms with Crippen LogP contribution in [0.25, 0.3) is 10.9 Å². The number of nitrogens with zero attached hydrogens (tertiary/aromatic N) is 1. The zero-order valence-electron chi connectivity index (χ0n) is 14.9. The Labute approximate surface area is 152 Å². The Morgan fingerprint density at radius 3 is 2.77 bits per heavy atom. The van der Waals surface area contributed by atoms with Gasteiger partial charge in [-0.05, 0) is 49.4 Å². The molecule has 0 saturated heterocycles. The first-order valence-electron chi connectivity index (χ1n) is 9.20. The zero-order chi connectivity index (χ0) is 18.1. The highest BCUT2D eigenvalue weighted by Crippen LogP contribution is 2.29. The normalized spacial score (nSPS) is 16.3. The molecule has 0 radical (unpaired) electrons. The van der Waals surface area contributed by atoms with Gasteiger partial charge in [0.1, 0.15) is 5.56 Å². The van der Waals surface area contributed by atoms with Gasteiger partial charge in [-0.1, -0.05) is 36.4 Å². The maximum atomic E-state index is 12.9. The standard InChI is InChI=1S/C22H22N2O2/c1-2-24-14-18(21(25)17-11-5-6-13-20(17)24)22(26)23-19-12-7-9-15-8-3-4-10-16(15)19/h3-6,8,10-11,13-14,19H,2,7,9,12H2,1H3,(H,23,26)/t19-/m1/s1. The van der Waals surface area contributed by atoms with E-state index in [4.69, 9.17) is 0 Å². The Morgan fingerprint density at radius 1 is 1.15 bits per heavy atom. The largest absolute Gasteiger partial charge is 0.347 e. The number of pyridine rings is 1. The van der Waals surface area contributed by atoms with Crippen molar-refractivity contribution in [2.45, 2.75) is 38.8 Å². The summed E-state index contributed by atoms with van der Waals surface area (Å²) in [6.45, 7) is 2.71. The molecule has 0 fully saturated rings. The summed E-state index contributed by atoms with van der Waals surface area (Å²) in [5, 5.41) is 3.68. The van der Waals surface area contributed by atoms with E-state index in [0.717, 1.165) is 24.8 Å². The summed E-state index contributed by atoms with van der Waals surface area (Å²) in [5.74, 6) is -0.287. The fraction of sp³-hybridized carbons (Fsp3) is 0.273. The quantitative estimate of drug-likeness (QED) is 0.784. The Bertz CT molecular complexity index is 1040. The number of rotatable bonds is 3. The molecule has 1 N–H and O–H groups in total. The summed E-state index contributed by atoms with van der Waals surface area (Å²) >= 11 is 0. The lowest BCUT2D eigenvalue weighted by Crippen LogP contribution is -2.34. The maximum Gasteiger partial charge on any atom is 0.257 e. The number of hydrogen-bond donors (Lipinski definition) is 1. The lowest BCUT2D eigenvalue weighted by molar-refractivity contribution is 0.0931. The van der Waals surface area contributed by atoms with E-state index in [1.165, 1.54) is 11.1 Å². The van der Waals surface area contributed by atoms with Crippen molar-refractivity contribution >= 4 is 16.8 Å². The lowest BCUT2D eigenvalue weighted by atomic mass is 9.87. The van der Waals surface area contributed by atoms with Gasteiger partial charge in [0, 0.05) is 18.1 Å². The molecule has 0 spiro atoms. The molecule has 1 aromatic heterocycles. The SMILES string of the molecule is CCn1cc(C(=O)N[C@@H]2CCCc3ccccc32)c(=O)c2ccccc21. The predicted octanol–water partition coefficient (Wildman–Crippen LogP) is 3.83. The van der Waals surface area contributed by atoms with Crippen molar-refractivity contribution in [1.82, 2.24) is 9.88 Å². The molecule has 1 aliphatic carbocycles. The number of para-hydroxylation sites is 1. The Balaban J connectivity index is 1.72. The molecule has 132 valence electrons. The average molecular weight is 346 g/mol. The van der Waals surface area contributed by atoms with Crippen LogP contribution in [0.15, 0.2) is 59.5 Å². The Kier molecular flexibility index (Phi) is 4.33. The molecule has 0 saturated carbocycles. The Hall–Kier alpha value is -2.88. The molecule has 1 aliphatic rings. The van der Waals surface area contributed by atoms with E-state index < -0.39 is 0 Å². The minimum absolute atomic E-state index is 0.0339. The number of carbonyl (C=O) groups excluding carboxylic acids is 1.